The van der Waals surface area contributed by atoms with Gasteiger partial charge in [0.05, 0.1) is 6.20 Å². The molecule has 0 saturated carbocycles. The van der Waals surface area contributed by atoms with E-state index in [0.717, 1.165) is 22.8 Å². The molecule has 0 bridgehead atoms. The van der Waals surface area contributed by atoms with Crippen LogP contribution in [0, 0.1) is 41.5 Å². The molecule has 0 N–H and O–H groups in total. The molecule has 0 fully saturated rings. The summed E-state index contributed by atoms with van der Waals surface area (Å²) < 4.78 is 0. The standard InChI is InChI=1S/C40H38BN3/c1-27-21-29(3)39(30(4)22-27)41(40-31(5)23-28(2)24-32(40)6)35-15-17-36(18-16-35)44(38-26-42-19-20-43-38)37-14-10-13-34(25-37)33-11-8-7-9-12-33/h7-26H,1-6H3. The van der Waals surface area contributed by atoms with Crippen molar-refractivity contribution in [3.8, 4) is 11.1 Å². The minimum absolute atomic E-state index is 0.122. The van der Waals surface area contributed by atoms with E-state index >= 15 is 0 Å². The van der Waals surface area contributed by atoms with Crippen LogP contribution in [0.15, 0.2) is 122 Å². The van der Waals surface area contributed by atoms with E-state index in [1.54, 1.807) is 12.4 Å². The van der Waals surface area contributed by atoms with Gasteiger partial charge in [-0.15, -0.1) is 0 Å². The highest BCUT2D eigenvalue weighted by molar-refractivity contribution is 6.96. The van der Waals surface area contributed by atoms with Gasteiger partial charge in [-0.3, -0.25) is 9.88 Å². The molecule has 0 saturated heterocycles. The predicted octanol–water partition coefficient (Wildman–Crippen LogP) is 7.98. The van der Waals surface area contributed by atoms with E-state index in [0.29, 0.717) is 0 Å². The minimum atomic E-state index is 0.122. The summed E-state index contributed by atoms with van der Waals surface area (Å²) in [6.07, 6.45) is 5.29. The zero-order valence-electron chi connectivity index (χ0n) is 26.5. The second-order valence-corrected chi connectivity index (χ2v) is 12.0. The number of hydrogen-bond donors (Lipinski definition) is 0. The van der Waals surface area contributed by atoms with Gasteiger partial charge in [0.15, 0.2) is 5.82 Å². The molecule has 0 atom stereocenters. The summed E-state index contributed by atoms with van der Waals surface area (Å²) in [7, 11) is 0. The monoisotopic (exact) mass is 571 g/mol. The van der Waals surface area contributed by atoms with Crippen molar-refractivity contribution in [2.45, 2.75) is 41.5 Å². The van der Waals surface area contributed by atoms with Crippen LogP contribution in [0.1, 0.15) is 33.4 Å². The summed E-state index contributed by atoms with van der Waals surface area (Å²) in [5.74, 6) is 0.775. The SMILES string of the molecule is Cc1cc(C)c(B(c2ccc(N(c3cccc(-c4ccccc4)c3)c3cnccn3)cc2)c2c(C)cc(C)cc2C)c(C)c1. The Balaban J connectivity index is 1.49. The van der Waals surface area contributed by atoms with Gasteiger partial charge in [0, 0.05) is 23.8 Å². The van der Waals surface area contributed by atoms with E-state index < -0.39 is 0 Å². The third-order valence-electron chi connectivity index (χ3n) is 8.53. The number of aromatic nitrogens is 2. The molecule has 216 valence electrons. The minimum Gasteiger partial charge on any atom is -0.294 e. The first kappa shape index (κ1) is 29.1. The van der Waals surface area contributed by atoms with Crippen LogP contribution >= 0.6 is 0 Å². The summed E-state index contributed by atoms with van der Waals surface area (Å²) in [5.41, 5.74) is 16.4. The largest absolute Gasteiger partial charge is 0.294 e. The highest BCUT2D eigenvalue weighted by Gasteiger charge is 2.28. The molecule has 0 aliphatic carbocycles. The van der Waals surface area contributed by atoms with Gasteiger partial charge in [0.1, 0.15) is 0 Å². The van der Waals surface area contributed by atoms with Gasteiger partial charge in [0.25, 0.3) is 0 Å². The van der Waals surface area contributed by atoms with Crippen molar-refractivity contribution in [1.82, 2.24) is 9.97 Å². The van der Waals surface area contributed by atoms with Gasteiger partial charge in [-0.25, -0.2) is 4.98 Å². The highest BCUT2D eigenvalue weighted by atomic mass is 15.2. The summed E-state index contributed by atoms with van der Waals surface area (Å²) in [6, 6.07) is 37.4. The lowest BCUT2D eigenvalue weighted by molar-refractivity contribution is 1.12. The third kappa shape index (κ3) is 5.81. The van der Waals surface area contributed by atoms with E-state index in [9.17, 15) is 0 Å². The van der Waals surface area contributed by atoms with Gasteiger partial charge in [-0.2, -0.15) is 0 Å². The molecule has 44 heavy (non-hydrogen) atoms. The van der Waals surface area contributed by atoms with Crippen molar-refractivity contribution in [1.29, 1.82) is 0 Å². The van der Waals surface area contributed by atoms with Crippen molar-refractivity contribution in [2.24, 2.45) is 0 Å². The number of aryl methyl sites for hydroxylation is 6. The number of nitrogens with zero attached hydrogens (tertiary/aromatic N) is 3. The molecule has 0 radical (unpaired) electrons. The van der Waals surface area contributed by atoms with E-state index in [4.69, 9.17) is 4.98 Å². The molecule has 0 spiro atoms. The smallest absolute Gasteiger partial charge is 0.242 e. The van der Waals surface area contributed by atoms with Crippen molar-refractivity contribution >= 4 is 40.3 Å². The second kappa shape index (κ2) is 12.3. The fraction of sp³-hybridized carbons (Fsp3) is 0.150. The Morgan fingerprint density at radius 1 is 0.523 bits per heavy atom. The second-order valence-electron chi connectivity index (χ2n) is 12.0. The van der Waals surface area contributed by atoms with Gasteiger partial charge < -0.3 is 0 Å². The fourth-order valence-corrected chi connectivity index (χ4v) is 6.86. The summed E-state index contributed by atoms with van der Waals surface area (Å²) >= 11 is 0. The van der Waals surface area contributed by atoms with Crippen LogP contribution in [0.2, 0.25) is 0 Å². The number of benzene rings is 5. The summed E-state index contributed by atoms with van der Waals surface area (Å²) in [4.78, 5) is 11.3. The first-order valence-corrected chi connectivity index (χ1v) is 15.3. The Morgan fingerprint density at radius 3 is 1.64 bits per heavy atom. The molecule has 6 rings (SSSR count). The van der Waals surface area contributed by atoms with Crippen LogP contribution in [0.5, 0.6) is 0 Å². The molecule has 5 aromatic carbocycles. The molecule has 0 aliphatic heterocycles. The average molecular weight is 572 g/mol. The number of rotatable bonds is 7. The lowest BCUT2D eigenvalue weighted by Gasteiger charge is -2.27. The van der Waals surface area contributed by atoms with Crippen molar-refractivity contribution in [2.75, 3.05) is 4.90 Å². The lowest BCUT2D eigenvalue weighted by Crippen LogP contribution is -2.55. The quantitative estimate of drug-likeness (QED) is 0.182. The Labute approximate surface area is 262 Å². The third-order valence-corrected chi connectivity index (χ3v) is 8.53. The van der Waals surface area contributed by atoms with Crippen LogP contribution in [-0.2, 0) is 0 Å². The maximum absolute atomic E-state index is 4.71. The molecule has 0 unspecified atom stereocenters. The Bertz CT molecular complexity index is 1810. The van der Waals surface area contributed by atoms with Crippen molar-refractivity contribution < 1.29 is 0 Å². The summed E-state index contributed by atoms with van der Waals surface area (Å²) in [5, 5.41) is 0. The Hall–Kier alpha value is -4.96. The predicted molar refractivity (Wildman–Crippen MR) is 188 cm³/mol. The van der Waals surface area contributed by atoms with Gasteiger partial charge in [-0.1, -0.05) is 129 Å². The lowest BCUT2D eigenvalue weighted by atomic mass is 9.34. The van der Waals surface area contributed by atoms with E-state index in [1.165, 1.54) is 55.3 Å². The van der Waals surface area contributed by atoms with E-state index in [2.05, 4.69) is 148 Å². The highest BCUT2D eigenvalue weighted by Crippen LogP contribution is 2.34. The maximum atomic E-state index is 4.71. The van der Waals surface area contributed by atoms with Gasteiger partial charge in [-0.05, 0) is 76.9 Å². The van der Waals surface area contributed by atoms with E-state index in [1.807, 2.05) is 12.3 Å². The Morgan fingerprint density at radius 2 is 1.09 bits per heavy atom. The molecule has 6 aromatic rings. The van der Waals surface area contributed by atoms with E-state index in [-0.39, 0.29) is 6.71 Å². The zero-order chi connectivity index (χ0) is 30.8. The first-order valence-electron chi connectivity index (χ1n) is 15.3. The van der Waals surface area contributed by atoms with Crippen LogP contribution < -0.4 is 21.3 Å². The van der Waals surface area contributed by atoms with Crippen molar-refractivity contribution in [3.63, 3.8) is 0 Å². The molecular formula is C40H38BN3. The Kier molecular flexibility index (Phi) is 8.17. The first-order chi connectivity index (χ1) is 21.3. The molecule has 3 nitrogen and oxygen atoms in total. The van der Waals surface area contributed by atoms with Crippen LogP contribution in [0.3, 0.4) is 0 Å². The topological polar surface area (TPSA) is 29.0 Å². The molecular weight excluding hydrogens is 533 g/mol. The number of anilines is 3. The van der Waals surface area contributed by atoms with Gasteiger partial charge >= 0.3 is 0 Å². The molecule has 1 heterocycles. The maximum Gasteiger partial charge on any atom is 0.242 e. The summed E-state index contributed by atoms with van der Waals surface area (Å²) in [6.45, 7) is 13.5. The van der Waals surface area contributed by atoms with Crippen LogP contribution in [0.25, 0.3) is 11.1 Å². The zero-order valence-corrected chi connectivity index (χ0v) is 26.5. The average Bonchev–Trinajstić information content (AvgIpc) is 3.01. The van der Waals surface area contributed by atoms with Crippen molar-refractivity contribution in [3.05, 3.63) is 155 Å². The molecule has 0 amide bonds. The van der Waals surface area contributed by atoms with Crippen LogP contribution in [-0.4, -0.2) is 16.7 Å². The normalized spacial score (nSPS) is 11.0. The molecule has 0 aliphatic rings. The number of hydrogen-bond acceptors (Lipinski definition) is 3. The molecule has 1 aromatic heterocycles. The molecule has 4 heteroatoms. The van der Waals surface area contributed by atoms with Gasteiger partial charge in [0.2, 0.25) is 6.71 Å². The fourth-order valence-electron chi connectivity index (χ4n) is 6.86. The van der Waals surface area contributed by atoms with Crippen LogP contribution in [0.4, 0.5) is 17.2 Å².